The molecular weight excluding hydrogens is 292 g/mol. The monoisotopic (exact) mass is 312 g/mol. The van der Waals surface area contributed by atoms with Crippen molar-refractivity contribution in [1.82, 2.24) is 5.43 Å². The van der Waals surface area contributed by atoms with E-state index in [1.54, 1.807) is 12.1 Å². The summed E-state index contributed by atoms with van der Waals surface area (Å²) in [4.78, 5) is 11.9. The summed E-state index contributed by atoms with van der Waals surface area (Å²) in [5.74, 6) is 0.279. The molecule has 1 amide bonds. The van der Waals surface area contributed by atoms with E-state index >= 15 is 0 Å². The van der Waals surface area contributed by atoms with Crippen LogP contribution in [0.1, 0.15) is 35.7 Å². The van der Waals surface area contributed by atoms with Crippen LogP contribution in [0, 0.1) is 0 Å². The van der Waals surface area contributed by atoms with Gasteiger partial charge in [-0.25, -0.2) is 5.43 Å². The Hall–Kier alpha value is -2.82. The first-order valence-corrected chi connectivity index (χ1v) is 7.55. The molecule has 120 valence electrons. The van der Waals surface area contributed by atoms with E-state index < -0.39 is 5.91 Å². The summed E-state index contributed by atoms with van der Waals surface area (Å²) in [5.41, 5.74) is 3.41. The van der Waals surface area contributed by atoms with E-state index in [4.69, 9.17) is 4.74 Å². The molecule has 0 saturated carbocycles. The lowest BCUT2D eigenvalue weighted by molar-refractivity contribution is 0.0952. The van der Waals surface area contributed by atoms with E-state index in [9.17, 15) is 9.90 Å². The number of unbranched alkanes of at least 4 members (excludes halogenated alkanes) is 1. The van der Waals surface area contributed by atoms with Gasteiger partial charge in [-0.2, -0.15) is 5.10 Å². The van der Waals surface area contributed by atoms with E-state index in [-0.39, 0.29) is 11.3 Å². The molecule has 0 aromatic heterocycles. The molecule has 2 N–H and O–H groups in total. The number of aromatic hydroxyl groups is 1. The zero-order valence-corrected chi connectivity index (χ0v) is 13.0. The van der Waals surface area contributed by atoms with Gasteiger partial charge < -0.3 is 9.84 Å². The van der Waals surface area contributed by atoms with Crippen molar-refractivity contribution >= 4 is 12.1 Å². The molecule has 0 aliphatic carbocycles. The first-order valence-electron chi connectivity index (χ1n) is 7.55. The molecule has 2 rings (SSSR count). The number of phenolic OH excluding ortho intramolecular Hbond substituents is 1. The number of benzene rings is 2. The predicted molar refractivity (Wildman–Crippen MR) is 90.0 cm³/mol. The van der Waals surface area contributed by atoms with E-state index in [1.807, 2.05) is 24.3 Å². The predicted octanol–water partition coefficient (Wildman–Crippen LogP) is 3.34. The number of nitrogens with zero attached hydrogens (tertiary/aromatic N) is 1. The summed E-state index contributed by atoms with van der Waals surface area (Å²) >= 11 is 0. The second-order valence-corrected chi connectivity index (χ2v) is 4.99. The number of hydrogen-bond acceptors (Lipinski definition) is 4. The Balaban J connectivity index is 1.88. The summed E-state index contributed by atoms with van der Waals surface area (Å²) < 4.78 is 5.57. The molecule has 0 atom stereocenters. The highest BCUT2D eigenvalue weighted by molar-refractivity contribution is 5.97. The summed E-state index contributed by atoms with van der Waals surface area (Å²) in [6.07, 6.45) is 3.66. The van der Waals surface area contributed by atoms with Crippen molar-refractivity contribution in [2.75, 3.05) is 6.61 Å². The molecule has 2 aromatic rings. The van der Waals surface area contributed by atoms with Crippen molar-refractivity contribution in [3.8, 4) is 11.5 Å². The Bertz CT molecular complexity index is 666. The molecule has 0 unspecified atom stereocenters. The minimum atomic E-state index is -0.459. The number of para-hydroxylation sites is 1. The van der Waals surface area contributed by atoms with E-state index in [0.717, 1.165) is 24.2 Å². The van der Waals surface area contributed by atoms with Crippen molar-refractivity contribution in [3.63, 3.8) is 0 Å². The summed E-state index contributed by atoms with van der Waals surface area (Å²) in [5, 5.41) is 13.5. The van der Waals surface area contributed by atoms with Crippen LogP contribution in [-0.2, 0) is 0 Å². The van der Waals surface area contributed by atoms with Gasteiger partial charge in [-0.15, -0.1) is 0 Å². The van der Waals surface area contributed by atoms with Crippen LogP contribution in [0.5, 0.6) is 11.5 Å². The molecule has 0 aliphatic rings. The number of nitrogens with one attached hydrogen (secondary N) is 1. The molecule has 23 heavy (non-hydrogen) atoms. The lowest BCUT2D eigenvalue weighted by Gasteiger charge is -2.05. The number of carbonyl (C=O) groups is 1. The molecule has 5 nitrogen and oxygen atoms in total. The van der Waals surface area contributed by atoms with Crippen LogP contribution in [0.2, 0.25) is 0 Å². The average Bonchev–Trinajstić information content (AvgIpc) is 2.57. The smallest absolute Gasteiger partial charge is 0.275 e. The fraction of sp³-hybridized carbons (Fsp3) is 0.222. The average molecular weight is 312 g/mol. The fourth-order valence-electron chi connectivity index (χ4n) is 1.88. The number of phenols is 1. The Kier molecular flexibility index (Phi) is 6.17. The molecular formula is C18H20N2O3. The van der Waals surface area contributed by atoms with Crippen LogP contribution in [-0.4, -0.2) is 23.8 Å². The highest BCUT2D eigenvalue weighted by atomic mass is 16.5. The lowest BCUT2D eigenvalue weighted by atomic mass is 10.2. The molecule has 5 heteroatoms. The Morgan fingerprint density at radius 3 is 2.65 bits per heavy atom. The molecule has 0 aliphatic heterocycles. The quantitative estimate of drug-likeness (QED) is 0.468. The molecule has 0 radical (unpaired) electrons. The molecule has 0 saturated heterocycles. The summed E-state index contributed by atoms with van der Waals surface area (Å²) in [6, 6.07) is 13.8. The van der Waals surface area contributed by atoms with Crippen molar-refractivity contribution in [3.05, 3.63) is 59.7 Å². The minimum absolute atomic E-state index is 0.0752. The van der Waals surface area contributed by atoms with Crippen molar-refractivity contribution in [1.29, 1.82) is 0 Å². The fourth-order valence-corrected chi connectivity index (χ4v) is 1.88. The van der Waals surface area contributed by atoms with Gasteiger partial charge in [0.2, 0.25) is 0 Å². The summed E-state index contributed by atoms with van der Waals surface area (Å²) in [6.45, 7) is 2.83. The number of hydrogen-bond donors (Lipinski definition) is 2. The van der Waals surface area contributed by atoms with Gasteiger partial charge in [0.25, 0.3) is 5.91 Å². The second-order valence-electron chi connectivity index (χ2n) is 4.99. The Morgan fingerprint density at radius 1 is 1.22 bits per heavy atom. The standard InChI is InChI=1S/C18H20N2O3/c1-2-3-12-23-15-10-8-14(9-11-15)13-19-20-18(22)16-6-4-5-7-17(16)21/h4-11,13,21H,2-3,12H2,1H3,(H,20,22). The van der Waals surface area contributed by atoms with Gasteiger partial charge in [0.15, 0.2) is 0 Å². The maximum absolute atomic E-state index is 11.9. The number of carbonyl (C=O) groups excluding carboxylic acids is 1. The third-order valence-corrected chi connectivity index (χ3v) is 3.18. The van der Waals surface area contributed by atoms with Gasteiger partial charge in [-0.3, -0.25) is 4.79 Å². The lowest BCUT2D eigenvalue weighted by Crippen LogP contribution is -2.17. The molecule has 2 aromatic carbocycles. The van der Waals surface area contributed by atoms with Gasteiger partial charge >= 0.3 is 0 Å². The number of rotatable bonds is 7. The highest BCUT2D eigenvalue weighted by Crippen LogP contribution is 2.15. The largest absolute Gasteiger partial charge is 0.507 e. The zero-order chi connectivity index (χ0) is 16.5. The van der Waals surface area contributed by atoms with Crippen LogP contribution >= 0.6 is 0 Å². The first-order chi connectivity index (χ1) is 11.2. The van der Waals surface area contributed by atoms with Gasteiger partial charge in [-0.1, -0.05) is 25.5 Å². The van der Waals surface area contributed by atoms with E-state index in [2.05, 4.69) is 17.5 Å². The minimum Gasteiger partial charge on any atom is -0.507 e. The molecule has 0 spiro atoms. The molecule has 0 heterocycles. The van der Waals surface area contributed by atoms with Crippen LogP contribution in [0.15, 0.2) is 53.6 Å². The SMILES string of the molecule is CCCCOc1ccc(C=NNC(=O)c2ccccc2O)cc1. The van der Waals surface area contributed by atoms with Crippen molar-refractivity contribution in [2.45, 2.75) is 19.8 Å². The van der Waals surface area contributed by atoms with Gasteiger partial charge in [0, 0.05) is 0 Å². The normalized spacial score (nSPS) is 10.7. The van der Waals surface area contributed by atoms with Crippen molar-refractivity contribution in [2.24, 2.45) is 5.10 Å². The first kappa shape index (κ1) is 16.5. The molecule has 0 bridgehead atoms. The number of amides is 1. The van der Waals surface area contributed by atoms with Crippen LogP contribution < -0.4 is 10.2 Å². The maximum Gasteiger partial charge on any atom is 0.275 e. The Morgan fingerprint density at radius 2 is 1.96 bits per heavy atom. The van der Waals surface area contributed by atoms with E-state index in [1.165, 1.54) is 18.3 Å². The van der Waals surface area contributed by atoms with Gasteiger partial charge in [-0.05, 0) is 48.4 Å². The highest BCUT2D eigenvalue weighted by Gasteiger charge is 2.08. The maximum atomic E-state index is 11.9. The number of hydrazone groups is 1. The van der Waals surface area contributed by atoms with Gasteiger partial charge in [0.05, 0.1) is 18.4 Å². The van der Waals surface area contributed by atoms with Crippen LogP contribution in [0.25, 0.3) is 0 Å². The van der Waals surface area contributed by atoms with Gasteiger partial charge in [0.1, 0.15) is 11.5 Å². The third-order valence-electron chi connectivity index (χ3n) is 3.18. The third kappa shape index (κ3) is 5.14. The zero-order valence-electron chi connectivity index (χ0n) is 13.0. The molecule has 0 fully saturated rings. The van der Waals surface area contributed by atoms with E-state index in [0.29, 0.717) is 6.61 Å². The van der Waals surface area contributed by atoms with Crippen LogP contribution in [0.4, 0.5) is 0 Å². The topological polar surface area (TPSA) is 70.9 Å². The van der Waals surface area contributed by atoms with Crippen molar-refractivity contribution < 1.29 is 14.6 Å². The number of ether oxygens (including phenoxy) is 1. The Labute approximate surface area is 135 Å². The second kappa shape index (κ2) is 8.58. The van der Waals surface area contributed by atoms with Crippen LogP contribution in [0.3, 0.4) is 0 Å². The summed E-state index contributed by atoms with van der Waals surface area (Å²) in [7, 11) is 0.